The Bertz CT molecular complexity index is 592. The highest BCUT2D eigenvalue weighted by Gasteiger charge is 2.06. The molecule has 0 aliphatic carbocycles. The first-order valence-corrected chi connectivity index (χ1v) is 6.61. The summed E-state index contributed by atoms with van der Waals surface area (Å²) in [7, 11) is 0. The van der Waals surface area contributed by atoms with E-state index in [-0.39, 0.29) is 12.5 Å². The second-order valence-electron chi connectivity index (χ2n) is 3.64. The lowest BCUT2D eigenvalue weighted by Crippen LogP contribution is -2.20. The van der Waals surface area contributed by atoms with Crippen LogP contribution in [0.5, 0.6) is 5.75 Å². The zero-order valence-electron chi connectivity index (χ0n) is 9.77. The summed E-state index contributed by atoms with van der Waals surface area (Å²) in [5.41, 5.74) is 0.599. The number of rotatable bonds is 4. The molecule has 2 aromatic rings. The van der Waals surface area contributed by atoms with Crippen LogP contribution < -0.4 is 10.1 Å². The fraction of sp³-hybridized carbons (Fsp3) is 0.0769. The number of benzene rings is 1. The van der Waals surface area contributed by atoms with Gasteiger partial charge in [-0.25, -0.2) is 4.98 Å². The lowest BCUT2D eigenvalue weighted by Gasteiger charge is -2.08. The van der Waals surface area contributed by atoms with E-state index in [1.807, 2.05) is 0 Å². The van der Waals surface area contributed by atoms with Crippen LogP contribution in [0.2, 0.25) is 5.02 Å². The van der Waals surface area contributed by atoms with Gasteiger partial charge in [0.1, 0.15) is 10.4 Å². The molecule has 0 fully saturated rings. The van der Waals surface area contributed by atoms with E-state index in [9.17, 15) is 4.79 Å². The van der Waals surface area contributed by atoms with E-state index < -0.39 is 0 Å². The Hall–Kier alpha value is -1.59. The Morgan fingerprint density at radius 2 is 2.21 bits per heavy atom. The SMILES string of the molecule is O=C(COc1cccc(Cl)c1)Nc1cccnc1Br. The summed E-state index contributed by atoms with van der Waals surface area (Å²) in [4.78, 5) is 15.7. The van der Waals surface area contributed by atoms with Gasteiger partial charge in [0.05, 0.1) is 5.69 Å². The van der Waals surface area contributed by atoms with Crippen LogP contribution in [0.4, 0.5) is 5.69 Å². The van der Waals surface area contributed by atoms with E-state index in [0.29, 0.717) is 21.1 Å². The Morgan fingerprint density at radius 3 is 2.95 bits per heavy atom. The predicted octanol–water partition coefficient (Wildman–Crippen LogP) is 3.52. The van der Waals surface area contributed by atoms with Crippen LogP contribution in [0.1, 0.15) is 0 Å². The summed E-state index contributed by atoms with van der Waals surface area (Å²) in [6, 6.07) is 10.4. The average Bonchev–Trinajstić information content (AvgIpc) is 2.39. The molecule has 0 unspecified atom stereocenters. The minimum absolute atomic E-state index is 0.0956. The van der Waals surface area contributed by atoms with Gasteiger partial charge in [0.15, 0.2) is 6.61 Å². The first kappa shape index (κ1) is 13.8. The van der Waals surface area contributed by atoms with Crippen molar-refractivity contribution in [3.8, 4) is 5.75 Å². The Kier molecular flexibility index (Phi) is 4.76. The average molecular weight is 342 g/mol. The second kappa shape index (κ2) is 6.54. The highest BCUT2D eigenvalue weighted by molar-refractivity contribution is 9.10. The van der Waals surface area contributed by atoms with Crippen LogP contribution in [0.15, 0.2) is 47.2 Å². The molecule has 6 heteroatoms. The molecule has 0 bridgehead atoms. The number of carbonyl (C=O) groups is 1. The molecule has 1 amide bonds. The molecule has 98 valence electrons. The van der Waals surface area contributed by atoms with Gasteiger partial charge in [0.2, 0.25) is 0 Å². The summed E-state index contributed by atoms with van der Waals surface area (Å²) < 4.78 is 5.90. The number of nitrogens with one attached hydrogen (secondary N) is 1. The molecule has 1 aromatic carbocycles. The van der Waals surface area contributed by atoms with E-state index in [1.54, 1.807) is 42.6 Å². The highest BCUT2D eigenvalue weighted by atomic mass is 79.9. The van der Waals surface area contributed by atoms with Crippen molar-refractivity contribution in [3.05, 3.63) is 52.2 Å². The number of carbonyl (C=O) groups excluding carboxylic acids is 1. The smallest absolute Gasteiger partial charge is 0.262 e. The summed E-state index contributed by atoms with van der Waals surface area (Å²) >= 11 is 9.06. The molecule has 1 N–H and O–H groups in total. The van der Waals surface area contributed by atoms with Crippen molar-refractivity contribution in [1.82, 2.24) is 4.98 Å². The van der Waals surface area contributed by atoms with Gasteiger partial charge in [-0.3, -0.25) is 4.79 Å². The fourth-order valence-corrected chi connectivity index (χ4v) is 1.90. The van der Waals surface area contributed by atoms with Gasteiger partial charge in [-0.15, -0.1) is 0 Å². The van der Waals surface area contributed by atoms with E-state index in [1.165, 1.54) is 0 Å². The van der Waals surface area contributed by atoms with Crippen molar-refractivity contribution in [1.29, 1.82) is 0 Å². The largest absolute Gasteiger partial charge is 0.484 e. The normalized spacial score (nSPS) is 10.0. The van der Waals surface area contributed by atoms with Crippen molar-refractivity contribution < 1.29 is 9.53 Å². The van der Waals surface area contributed by atoms with Crippen molar-refractivity contribution in [2.24, 2.45) is 0 Å². The van der Waals surface area contributed by atoms with Gasteiger partial charge >= 0.3 is 0 Å². The second-order valence-corrected chi connectivity index (χ2v) is 4.82. The zero-order valence-corrected chi connectivity index (χ0v) is 12.1. The number of pyridine rings is 1. The van der Waals surface area contributed by atoms with E-state index in [4.69, 9.17) is 16.3 Å². The van der Waals surface area contributed by atoms with Crippen molar-refractivity contribution in [2.75, 3.05) is 11.9 Å². The lowest BCUT2D eigenvalue weighted by atomic mass is 10.3. The predicted molar refractivity (Wildman–Crippen MR) is 77.5 cm³/mol. The maximum Gasteiger partial charge on any atom is 0.262 e. The Balaban J connectivity index is 1.90. The minimum atomic E-state index is -0.270. The Morgan fingerprint density at radius 1 is 1.37 bits per heavy atom. The highest BCUT2D eigenvalue weighted by Crippen LogP contribution is 2.19. The molecule has 0 radical (unpaired) electrons. The summed E-state index contributed by atoms with van der Waals surface area (Å²) in [6.45, 7) is -0.0956. The van der Waals surface area contributed by atoms with Gasteiger partial charge in [-0.2, -0.15) is 0 Å². The third kappa shape index (κ3) is 4.22. The summed E-state index contributed by atoms with van der Waals surface area (Å²) in [5, 5.41) is 3.25. The maximum atomic E-state index is 11.7. The maximum absolute atomic E-state index is 11.7. The molecule has 2 rings (SSSR count). The molecule has 4 nitrogen and oxygen atoms in total. The standard InChI is InChI=1S/C13H10BrClN2O2/c14-13-11(5-2-6-16-13)17-12(18)8-19-10-4-1-3-9(15)7-10/h1-7H,8H2,(H,17,18). The van der Waals surface area contributed by atoms with Gasteiger partial charge in [0.25, 0.3) is 5.91 Å². The number of nitrogens with zero attached hydrogens (tertiary/aromatic N) is 1. The molecule has 1 aromatic heterocycles. The van der Waals surface area contributed by atoms with E-state index >= 15 is 0 Å². The van der Waals surface area contributed by atoms with Crippen molar-refractivity contribution in [3.63, 3.8) is 0 Å². The van der Waals surface area contributed by atoms with Crippen LogP contribution in [0.3, 0.4) is 0 Å². The topological polar surface area (TPSA) is 51.2 Å². The third-order valence-corrected chi connectivity index (χ3v) is 3.07. The molecule has 0 aliphatic rings. The lowest BCUT2D eigenvalue weighted by molar-refractivity contribution is -0.118. The minimum Gasteiger partial charge on any atom is -0.484 e. The van der Waals surface area contributed by atoms with Gasteiger partial charge in [0, 0.05) is 11.2 Å². The van der Waals surface area contributed by atoms with Crippen molar-refractivity contribution >= 4 is 39.1 Å². The summed E-state index contributed by atoms with van der Waals surface area (Å²) in [6.07, 6.45) is 1.63. The number of anilines is 1. The van der Waals surface area contributed by atoms with Crippen LogP contribution in [-0.4, -0.2) is 17.5 Å². The molecule has 0 saturated heterocycles. The first-order valence-electron chi connectivity index (χ1n) is 5.44. The monoisotopic (exact) mass is 340 g/mol. The number of amides is 1. The van der Waals surface area contributed by atoms with Gasteiger partial charge < -0.3 is 10.1 Å². The molecule has 0 spiro atoms. The quantitative estimate of drug-likeness (QED) is 0.866. The molecule has 0 aliphatic heterocycles. The number of aromatic nitrogens is 1. The van der Waals surface area contributed by atoms with Crippen LogP contribution in [0, 0.1) is 0 Å². The number of ether oxygens (including phenoxy) is 1. The number of hydrogen-bond donors (Lipinski definition) is 1. The van der Waals surface area contributed by atoms with Crippen LogP contribution >= 0.6 is 27.5 Å². The van der Waals surface area contributed by atoms with Gasteiger partial charge in [-0.1, -0.05) is 17.7 Å². The molecule has 19 heavy (non-hydrogen) atoms. The number of halogens is 2. The summed E-state index contributed by atoms with van der Waals surface area (Å²) in [5.74, 6) is 0.279. The van der Waals surface area contributed by atoms with Crippen LogP contribution in [-0.2, 0) is 4.79 Å². The molecule has 0 atom stereocenters. The van der Waals surface area contributed by atoms with Crippen molar-refractivity contribution in [2.45, 2.75) is 0 Å². The van der Waals surface area contributed by atoms with E-state index in [2.05, 4.69) is 26.2 Å². The molecular formula is C13H10BrClN2O2. The van der Waals surface area contributed by atoms with Gasteiger partial charge in [-0.05, 0) is 46.3 Å². The molecular weight excluding hydrogens is 332 g/mol. The Labute approximate surface area is 123 Å². The number of hydrogen-bond acceptors (Lipinski definition) is 3. The van der Waals surface area contributed by atoms with E-state index in [0.717, 1.165) is 0 Å². The molecule has 0 saturated carbocycles. The molecule has 1 heterocycles. The first-order chi connectivity index (χ1) is 9.15. The van der Waals surface area contributed by atoms with Crippen LogP contribution in [0.25, 0.3) is 0 Å². The third-order valence-electron chi connectivity index (χ3n) is 2.20. The fourth-order valence-electron chi connectivity index (χ4n) is 1.37. The zero-order chi connectivity index (χ0) is 13.7.